The van der Waals surface area contributed by atoms with E-state index in [1.165, 1.54) is 4.90 Å². The summed E-state index contributed by atoms with van der Waals surface area (Å²) < 4.78 is 5.69. The number of carbonyl (C=O) groups is 2. The summed E-state index contributed by atoms with van der Waals surface area (Å²) in [4.78, 5) is 24.7. The quantitative estimate of drug-likeness (QED) is 0.811. The minimum absolute atomic E-state index is 0.275. The SMILES string of the molecule is O=CC(C1CNCCO1)[C@@H]1Cc2ccccc2CN1C(=O)O. The van der Waals surface area contributed by atoms with Gasteiger partial charge in [-0.25, -0.2) is 4.79 Å². The van der Waals surface area contributed by atoms with E-state index in [9.17, 15) is 14.7 Å². The lowest BCUT2D eigenvalue weighted by Crippen LogP contribution is -2.55. The molecule has 1 fully saturated rings. The summed E-state index contributed by atoms with van der Waals surface area (Å²) in [5, 5.41) is 12.7. The standard InChI is InChI=1S/C16H20N2O4/c19-10-13(15-8-17-5-6-22-15)14-7-11-3-1-2-4-12(11)9-18(14)16(20)21/h1-4,10,13-15,17H,5-9H2,(H,20,21)/t13?,14-,15?/m0/s1. The summed E-state index contributed by atoms with van der Waals surface area (Å²) >= 11 is 0. The Kier molecular flexibility index (Phi) is 4.40. The van der Waals surface area contributed by atoms with Crippen LogP contribution in [-0.4, -0.2) is 54.2 Å². The van der Waals surface area contributed by atoms with Gasteiger partial charge < -0.3 is 20.0 Å². The summed E-state index contributed by atoms with van der Waals surface area (Å²) in [5.74, 6) is -0.461. The van der Waals surface area contributed by atoms with E-state index in [1.807, 2.05) is 24.3 Å². The molecule has 1 saturated heterocycles. The van der Waals surface area contributed by atoms with Crippen LogP contribution in [0, 0.1) is 5.92 Å². The highest BCUT2D eigenvalue weighted by atomic mass is 16.5. The first-order valence-electron chi connectivity index (χ1n) is 7.54. The largest absolute Gasteiger partial charge is 0.465 e. The maximum absolute atomic E-state index is 11.7. The Bertz CT molecular complexity index is 557. The molecule has 2 aliphatic heterocycles. The van der Waals surface area contributed by atoms with Crippen molar-refractivity contribution >= 4 is 12.4 Å². The number of hydrogen-bond donors (Lipinski definition) is 2. The van der Waals surface area contributed by atoms with Crippen molar-refractivity contribution in [1.29, 1.82) is 0 Å². The number of carbonyl (C=O) groups excluding carboxylic acids is 1. The molecule has 2 N–H and O–H groups in total. The van der Waals surface area contributed by atoms with Crippen LogP contribution in [0.1, 0.15) is 11.1 Å². The molecule has 1 amide bonds. The highest BCUT2D eigenvalue weighted by molar-refractivity contribution is 5.68. The lowest BCUT2D eigenvalue weighted by Gasteiger charge is -2.41. The van der Waals surface area contributed by atoms with Crippen LogP contribution in [0.5, 0.6) is 0 Å². The van der Waals surface area contributed by atoms with Crippen LogP contribution in [0.15, 0.2) is 24.3 Å². The maximum atomic E-state index is 11.7. The zero-order valence-corrected chi connectivity index (χ0v) is 12.3. The number of benzene rings is 1. The zero-order valence-electron chi connectivity index (χ0n) is 12.3. The van der Waals surface area contributed by atoms with Gasteiger partial charge >= 0.3 is 6.09 Å². The Morgan fingerprint density at radius 3 is 2.82 bits per heavy atom. The van der Waals surface area contributed by atoms with Crippen molar-refractivity contribution in [2.75, 3.05) is 19.7 Å². The van der Waals surface area contributed by atoms with Gasteiger partial charge in [0.2, 0.25) is 0 Å². The van der Waals surface area contributed by atoms with E-state index < -0.39 is 12.0 Å². The molecule has 6 nitrogen and oxygen atoms in total. The molecule has 3 rings (SSSR count). The third kappa shape index (κ3) is 2.84. The molecule has 2 unspecified atom stereocenters. The van der Waals surface area contributed by atoms with Gasteiger partial charge in [-0.15, -0.1) is 0 Å². The van der Waals surface area contributed by atoms with Crippen LogP contribution in [0.3, 0.4) is 0 Å². The van der Waals surface area contributed by atoms with Gasteiger partial charge in [0.15, 0.2) is 0 Å². The molecule has 118 valence electrons. The maximum Gasteiger partial charge on any atom is 0.407 e. The topological polar surface area (TPSA) is 78.9 Å². The Labute approximate surface area is 129 Å². The van der Waals surface area contributed by atoms with E-state index >= 15 is 0 Å². The number of nitrogens with one attached hydrogen (secondary N) is 1. The summed E-state index contributed by atoms with van der Waals surface area (Å²) in [6.45, 7) is 2.21. The van der Waals surface area contributed by atoms with Crippen LogP contribution in [-0.2, 0) is 22.5 Å². The van der Waals surface area contributed by atoms with Gasteiger partial charge in [-0.1, -0.05) is 24.3 Å². The first kappa shape index (κ1) is 15.0. The fraction of sp³-hybridized carbons (Fsp3) is 0.500. The van der Waals surface area contributed by atoms with Gasteiger partial charge in [-0.2, -0.15) is 0 Å². The highest BCUT2D eigenvalue weighted by Crippen LogP contribution is 2.29. The number of nitrogens with zero attached hydrogens (tertiary/aromatic N) is 1. The van der Waals surface area contributed by atoms with Crippen LogP contribution in [0.4, 0.5) is 4.79 Å². The third-order valence-electron chi connectivity index (χ3n) is 4.52. The summed E-state index contributed by atoms with van der Waals surface area (Å²) in [7, 11) is 0. The Balaban J connectivity index is 1.88. The van der Waals surface area contributed by atoms with Crippen molar-refractivity contribution in [1.82, 2.24) is 10.2 Å². The highest BCUT2D eigenvalue weighted by Gasteiger charge is 2.39. The Hall–Kier alpha value is -1.92. The molecule has 0 bridgehead atoms. The first-order chi connectivity index (χ1) is 10.7. The van der Waals surface area contributed by atoms with Crippen molar-refractivity contribution in [3.05, 3.63) is 35.4 Å². The monoisotopic (exact) mass is 304 g/mol. The molecule has 1 aromatic rings. The summed E-state index contributed by atoms with van der Waals surface area (Å²) in [6, 6.07) is 7.42. The van der Waals surface area contributed by atoms with Crippen LogP contribution in [0.25, 0.3) is 0 Å². The van der Waals surface area contributed by atoms with E-state index in [1.54, 1.807) is 0 Å². The molecule has 0 spiro atoms. The molecule has 0 aliphatic carbocycles. The average molecular weight is 304 g/mol. The Morgan fingerprint density at radius 2 is 2.18 bits per heavy atom. The number of ether oxygens (including phenoxy) is 1. The predicted octanol–water partition coefficient (Wildman–Crippen LogP) is 0.895. The fourth-order valence-corrected chi connectivity index (χ4v) is 3.36. The number of fused-ring (bicyclic) bond motifs is 1. The minimum Gasteiger partial charge on any atom is -0.465 e. The first-order valence-corrected chi connectivity index (χ1v) is 7.54. The molecule has 2 aliphatic rings. The van der Waals surface area contributed by atoms with Gasteiger partial charge in [0.25, 0.3) is 0 Å². The molecule has 0 aromatic heterocycles. The number of rotatable bonds is 3. The van der Waals surface area contributed by atoms with Gasteiger partial charge in [0, 0.05) is 19.6 Å². The van der Waals surface area contributed by atoms with Crippen molar-refractivity contribution in [3.63, 3.8) is 0 Å². The number of carboxylic acid groups (broad SMARTS) is 1. The fourth-order valence-electron chi connectivity index (χ4n) is 3.36. The minimum atomic E-state index is -0.991. The summed E-state index contributed by atoms with van der Waals surface area (Å²) in [6.07, 6.45) is 0.135. The van der Waals surface area contributed by atoms with Crippen LogP contribution >= 0.6 is 0 Å². The second-order valence-corrected chi connectivity index (χ2v) is 5.78. The normalized spacial score (nSPS) is 26.1. The van der Waals surface area contributed by atoms with Crippen molar-refractivity contribution in [2.45, 2.75) is 25.1 Å². The van der Waals surface area contributed by atoms with E-state index in [4.69, 9.17) is 4.74 Å². The molecule has 2 heterocycles. The summed E-state index contributed by atoms with van der Waals surface area (Å²) in [5.41, 5.74) is 2.12. The van der Waals surface area contributed by atoms with E-state index in [-0.39, 0.29) is 12.1 Å². The number of aldehydes is 1. The number of morpholine rings is 1. The molecule has 3 atom stereocenters. The lowest BCUT2D eigenvalue weighted by molar-refractivity contribution is -0.121. The molecular weight excluding hydrogens is 284 g/mol. The van der Waals surface area contributed by atoms with Crippen LogP contribution < -0.4 is 5.32 Å². The number of amides is 1. The molecular formula is C16H20N2O4. The zero-order chi connectivity index (χ0) is 15.5. The molecule has 1 aromatic carbocycles. The second-order valence-electron chi connectivity index (χ2n) is 5.78. The Morgan fingerprint density at radius 1 is 1.41 bits per heavy atom. The number of hydrogen-bond acceptors (Lipinski definition) is 4. The second kappa shape index (κ2) is 6.46. The smallest absolute Gasteiger partial charge is 0.407 e. The average Bonchev–Trinajstić information content (AvgIpc) is 2.56. The molecule has 0 saturated carbocycles. The van der Waals surface area contributed by atoms with Gasteiger partial charge in [-0.3, -0.25) is 4.90 Å². The van der Waals surface area contributed by atoms with Crippen molar-refractivity contribution < 1.29 is 19.4 Å². The van der Waals surface area contributed by atoms with Gasteiger partial charge in [0.1, 0.15) is 6.29 Å². The van der Waals surface area contributed by atoms with E-state index in [0.29, 0.717) is 26.1 Å². The van der Waals surface area contributed by atoms with E-state index in [0.717, 1.165) is 24.0 Å². The predicted molar refractivity (Wildman–Crippen MR) is 79.7 cm³/mol. The van der Waals surface area contributed by atoms with Crippen molar-refractivity contribution in [3.8, 4) is 0 Å². The van der Waals surface area contributed by atoms with Gasteiger partial charge in [0.05, 0.1) is 24.7 Å². The van der Waals surface area contributed by atoms with E-state index in [2.05, 4.69) is 5.32 Å². The van der Waals surface area contributed by atoms with Crippen LogP contribution in [0.2, 0.25) is 0 Å². The van der Waals surface area contributed by atoms with Gasteiger partial charge in [-0.05, 0) is 17.5 Å². The molecule has 6 heteroatoms. The van der Waals surface area contributed by atoms with Crippen molar-refractivity contribution in [2.24, 2.45) is 5.92 Å². The molecule has 0 radical (unpaired) electrons. The lowest BCUT2D eigenvalue weighted by atomic mass is 9.84. The third-order valence-corrected chi connectivity index (χ3v) is 4.52. The molecule has 22 heavy (non-hydrogen) atoms.